The van der Waals surface area contributed by atoms with Crippen molar-refractivity contribution in [1.29, 1.82) is 0 Å². The Kier molecular flexibility index (Phi) is 51.5. The van der Waals surface area contributed by atoms with Gasteiger partial charge in [0.15, 0.2) is 6.10 Å². The third-order valence-electron chi connectivity index (χ3n) is 11.3. The molecule has 1 atom stereocenters. The zero-order valence-corrected chi connectivity index (χ0v) is 43.4. The molecule has 0 aliphatic heterocycles. The van der Waals surface area contributed by atoms with Crippen molar-refractivity contribution in [3.05, 3.63) is 109 Å². The molecule has 0 aromatic heterocycles. The summed E-state index contributed by atoms with van der Waals surface area (Å²) in [7, 11) is 0. The van der Waals surface area contributed by atoms with Crippen LogP contribution in [0.15, 0.2) is 109 Å². The second-order valence-corrected chi connectivity index (χ2v) is 17.8. The van der Waals surface area contributed by atoms with Crippen molar-refractivity contribution in [1.82, 2.24) is 0 Å². The van der Waals surface area contributed by atoms with Gasteiger partial charge in [-0.2, -0.15) is 0 Å². The number of rotatable bonds is 48. The molecule has 0 spiro atoms. The Morgan fingerprint density at radius 3 is 0.910 bits per heavy atom. The molecule has 0 N–H and O–H groups in total. The Morgan fingerprint density at radius 2 is 0.582 bits per heavy atom. The Balaban J connectivity index is 4.09. The number of unbranched alkanes of at least 4 members (excludes halogenated alkanes) is 19. The average Bonchev–Trinajstić information content (AvgIpc) is 3.33. The first-order valence-electron chi connectivity index (χ1n) is 27.4. The minimum Gasteiger partial charge on any atom is -0.462 e. The van der Waals surface area contributed by atoms with Crippen molar-refractivity contribution in [3.63, 3.8) is 0 Å². The zero-order valence-electron chi connectivity index (χ0n) is 43.4. The molecule has 0 fully saturated rings. The third kappa shape index (κ3) is 52.9. The molecule has 0 aromatic carbocycles. The first-order chi connectivity index (χ1) is 33.0. The molecule has 380 valence electrons. The topological polar surface area (TPSA) is 78.9 Å². The number of carbonyl (C=O) groups is 3. The molecule has 0 heterocycles. The maximum atomic E-state index is 12.7. The van der Waals surface area contributed by atoms with Crippen molar-refractivity contribution in [3.8, 4) is 0 Å². The summed E-state index contributed by atoms with van der Waals surface area (Å²) in [6.45, 7) is 6.40. The summed E-state index contributed by atoms with van der Waals surface area (Å²) in [5.74, 6) is -0.922. The molecule has 0 amide bonds. The van der Waals surface area contributed by atoms with Gasteiger partial charge < -0.3 is 14.2 Å². The van der Waals surface area contributed by atoms with Gasteiger partial charge in [-0.1, -0.05) is 239 Å². The summed E-state index contributed by atoms with van der Waals surface area (Å²) in [6.07, 6.45) is 74.1. The van der Waals surface area contributed by atoms with Crippen LogP contribution >= 0.6 is 0 Å². The molecule has 0 radical (unpaired) electrons. The predicted molar refractivity (Wildman–Crippen MR) is 288 cm³/mol. The van der Waals surface area contributed by atoms with Gasteiger partial charge in [0.25, 0.3) is 0 Å². The lowest BCUT2D eigenvalue weighted by molar-refractivity contribution is -0.167. The third-order valence-corrected chi connectivity index (χ3v) is 11.3. The zero-order chi connectivity index (χ0) is 48.6. The summed E-state index contributed by atoms with van der Waals surface area (Å²) in [5, 5.41) is 0. The summed E-state index contributed by atoms with van der Waals surface area (Å²) in [6, 6.07) is 0. The van der Waals surface area contributed by atoms with Crippen LogP contribution in [0.4, 0.5) is 0 Å². The highest BCUT2D eigenvalue weighted by Crippen LogP contribution is 2.14. The van der Waals surface area contributed by atoms with E-state index in [2.05, 4.69) is 130 Å². The van der Waals surface area contributed by atoms with Gasteiger partial charge >= 0.3 is 17.9 Å². The molecule has 6 nitrogen and oxygen atoms in total. The number of allylic oxidation sites excluding steroid dienone is 18. The van der Waals surface area contributed by atoms with E-state index in [1.165, 1.54) is 57.8 Å². The molecule has 0 saturated heterocycles. The maximum absolute atomic E-state index is 12.7. The fourth-order valence-electron chi connectivity index (χ4n) is 7.20. The summed E-state index contributed by atoms with van der Waals surface area (Å²) in [4.78, 5) is 37.6. The van der Waals surface area contributed by atoms with E-state index in [1.54, 1.807) is 0 Å². The molecular weight excluding hydrogens is 829 g/mol. The van der Waals surface area contributed by atoms with E-state index >= 15 is 0 Å². The van der Waals surface area contributed by atoms with E-state index in [-0.39, 0.29) is 31.1 Å². The molecule has 0 aliphatic carbocycles. The summed E-state index contributed by atoms with van der Waals surface area (Å²) in [5.41, 5.74) is 0. The van der Waals surface area contributed by atoms with Crippen molar-refractivity contribution in [2.75, 3.05) is 13.2 Å². The highest BCUT2D eigenvalue weighted by Gasteiger charge is 2.19. The van der Waals surface area contributed by atoms with Crippen LogP contribution in [0.25, 0.3) is 0 Å². The van der Waals surface area contributed by atoms with Crippen LogP contribution in [-0.2, 0) is 28.6 Å². The number of hydrogen-bond acceptors (Lipinski definition) is 6. The lowest BCUT2D eigenvalue weighted by Crippen LogP contribution is -2.30. The van der Waals surface area contributed by atoms with Crippen molar-refractivity contribution in [2.45, 2.75) is 245 Å². The molecule has 1 unspecified atom stereocenters. The van der Waals surface area contributed by atoms with Gasteiger partial charge in [-0.3, -0.25) is 14.4 Å². The summed E-state index contributed by atoms with van der Waals surface area (Å²) < 4.78 is 16.6. The fraction of sp³-hybridized carbons (Fsp3) is 0.656. The Morgan fingerprint density at radius 1 is 0.313 bits per heavy atom. The number of esters is 3. The van der Waals surface area contributed by atoms with Gasteiger partial charge in [0.1, 0.15) is 13.2 Å². The van der Waals surface area contributed by atoms with Gasteiger partial charge in [-0.05, 0) is 89.9 Å². The van der Waals surface area contributed by atoms with Crippen LogP contribution in [0, 0.1) is 0 Å². The van der Waals surface area contributed by atoms with E-state index in [0.717, 1.165) is 141 Å². The van der Waals surface area contributed by atoms with Gasteiger partial charge in [0.05, 0.1) is 0 Å². The van der Waals surface area contributed by atoms with Crippen molar-refractivity contribution >= 4 is 17.9 Å². The molecule has 0 saturated carbocycles. The van der Waals surface area contributed by atoms with Gasteiger partial charge in [0, 0.05) is 19.3 Å². The van der Waals surface area contributed by atoms with Crippen LogP contribution in [0.2, 0.25) is 0 Å². The monoisotopic (exact) mass is 929 g/mol. The Labute approximate surface area is 412 Å². The number of ether oxygens (including phenoxy) is 3. The average molecular weight is 929 g/mol. The van der Waals surface area contributed by atoms with Gasteiger partial charge in [-0.25, -0.2) is 0 Å². The van der Waals surface area contributed by atoms with Crippen LogP contribution in [0.5, 0.6) is 0 Å². The second-order valence-electron chi connectivity index (χ2n) is 17.8. The molecule has 0 aromatic rings. The number of hydrogen-bond donors (Lipinski definition) is 0. The lowest BCUT2D eigenvalue weighted by Gasteiger charge is -2.18. The molecule has 67 heavy (non-hydrogen) atoms. The lowest BCUT2D eigenvalue weighted by atomic mass is 10.1. The smallest absolute Gasteiger partial charge is 0.306 e. The highest BCUT2D eigenvalue weighted by atomic mass is 16.6. The molecule has 0 aliphatic rings. The maximum Gasteiger partial charge on any atom is 0.306 e. The van der Waals surface area contributed by atoms with Crippen molar-refractivity contribution in [2.24, 2.45) is 0 Å². The van der Waals surface area contributed by atoms with Crippen LogP contribution in [-0.4, -0.2) is 37.2 Å². The largest absolute Gasteiger partial charge is 0.462 e. The Bertz CT molecular complexity index is 1390. The first kappa shape index (κ1) is 63.1. The van der Waals surface area contributed by atoms with Crippen molar-refractivity contribution < 1.29 is 28.6 Å². The molecule has 6 heteroatoms. The minimum absolute atomic E-state index is 0.0839. The highest BCUT2D eigenvalue weighted by molar-refractivity contribution is 5.71. The molecule has 0 bridgehead atoms. The van der Waals surface area contributed by atoms with Crippen LogP contribution in [0.3, 0.4) is 0 Å². The van der Waals surface area contributed by atoms with Gasteiger partial charge in [0.2, 0.25) is 0 Å². The molecular formula is C61H100O6. The Hall–Kier alpha value is -3.93. The van der Waals surface area contributed by atoms with Gasteiger partial charge in [-0.15, -0.1) is 0 Å². The standard InChI is InChI=1S/C61H100O6/c1-4-7-10-13-15-17-19-20-21-22-23-24-25-26-27-28-29-30-31-32-33-34-35-36-37-38-39-40-42-43-45-48-51-54-60(63)66-57-58(56-65-59(62)53-50-47-12-9-6-3)67-61(64)55-52-49-46-44-41-18-16-14-11-8-5-2/h7,10,15,17,20-21,23-24,26-27,29-30,32-33,35-36,38-39,58H,4-6,8-9,11-14,16,18-19,22,25,28,31,34,37,40-57H2,1-3H3/b10-7-,17-15-,21-20-,24-23-,27-26-,30-29-,33-32-,36-35-,39-38-. The second kappa shape index (κ2) is 54.7. The minimum atomic E-state index is -0.779. The van der Waals surface area contributed by atoms with E-state index in [1.807, 2.05) is 0 Å². The van der Waals surface area contributed by atoms with Crippen LogP contribution < -0.4 is 0 Å². The van der Waals surface area contributed by atoms with E-state index in [0.29, 0.717) is 19.3 Å². The SMILES string of the molecule is CC/C=C\C/C=C\C/C=C\C/C=C\C/C=C\C/C=C\C/C=C\C/C=C\C/C=C\CCCCCCCC(=O)OCC(COC(=O)CCCCCCC)OC(=O)CCCCCCCCCCCCC. The predicted octanol–water partition coefficient (Wildman–Crippen LogP) is 18.3. The normalized spacial score (nSPS) is 12.9. The molecule has 0 rings (SSSR count). The van der Waals surface area contributed by atoms with E-state index in [9.17, 15) is 14.4 Å². The van der Waals surface area contributed by atoms with E-state index in [4.69, 9.17) is 14.2 Å². The van der Waals surface area contributed by atoms with E-state index < -0.39 is 6.10 Å². The fourth-order valence-corrected chi connectivity index (χ4v) is 7.20. The quantitative estimate of drug-likeness (QED) is 0.0262. The summed E-state index contributed by atoms with van der Waals surface area (Å²) >= 11 is 0. The number of carbonyl (C=O) groups excluding carboxylic acids is 3. The first-order valence-corrected chi connectivity index (χ1v) is 27.4. The van der Waals surface area contributed by atoms with Crippen LogP contribution in [0.1, 0.15) is 239 Å².